The van der Waals surface area contributed by atoms with Gasteiger partial charge in [0.05, 0.1) is 5.69 Å². The molecule has 1 aliphatic carbocycles. The van der Waals surface area contributed by atoms with Crippen molar-refractivity contribution >= 4 is 24.8 Å². The number of aromatic amines is 1. The quantitative estimate of drug-likeness (QED) is 0.807. The zero-order valence-electron chi connectivity index (χ0n) is 8.49. The number of nitrogens with one attached hydrogen (secondary N) is 1. The Morgan fingerprint density at radius 2 is 2.14 bits per heavy atom. The largest absolute Gasteiger partial charge is 0.306 e. The lowest BCUT2D eigenvalue weighted by Crippen LogP contribution is -2.33. The van der Waals surface area contributed by atoms with E-state index in [-0.39, 0.29) is 24.8 Å². The van der Waals surface area contributed by atoms with E-state index in [0.717, 1.165) is 12.8 Å². The molecule has 1 heterocycles. The fourth-order valence-electron chi connectivity index (χ4n) is 1.84. The summed E-state index contributed by atoms with van der Waals surface area (Å²) in [6.07, 6.45) is 5.55. The molecule has 3 nitrogen and oxygen atoms in total. The van der Waals surface area contributed by atoms with Crippen molar-refractivity contribution in [2.45, 2.75) is 25.3 Å². The third kappa shape index (κ3) is 2.62. The fraction of sp³-hybridized carbons (Fsp3) is 0.667. The van der Waals surface area contributed by atoms with Crippen LogP contribution in [0.5, 0.6) is 0 Å². The second-order valence-corrected chi connectivity index (χ2v) is 3.72. The summed E-state index contributed by atoms with van der Waals surface area (Å²) in [5, 5.41) is 7.14. The Balaban J connectivity index is 0.000000845. The number of aryl methyl sites for hydroxylation is 1. The maximum Gasteiger partial charge on any atom is 0.0655 e. The minimum Gasteiger partial charge on any atom is -0.306 e. The van der Waals surface area contributed by atoms with Gasteiger partial charge in [-0.2, -0.15) is 5.10 Å². The van der Waals surface area contributed by atoms with Crippen LogP contribution in [0.15, 0.2) is 6.20 Å². The predicted molar refractivity (Wildman–Crippen MR) is 62.6 cm³/mol. The first kappa shape index (κ1) is 13.8. The zero-order chi connectivity index (χ0) is 8.55. The molecule has 1 aromatic rings. The molecular formula is C9H17Cl2N3. The summed E-state index contributed by atoms with van der Waals surface area (Å²) < 4.78 is 0. The number of likely N-dealkylation sites (N-methyl/N-ethyl adjacent to an activating group) is 1. The summed E-state index contributed by atoms with van der Waals surface area (Å²) in [6, 6.07) is 0.704. The molecule has 0 radical (unpaired) electrons. The molecular weight excluding hydrogens is 221 g/mol. The third-order valence-corrected chi connectivity index (χ3v) is 2.71. The van der Waals surface area contributed by atoms with Crippen LogP contribution in [0.25, 0.3) is 0 Å². The molecule has 1 atom stereocenters. The first-order valence-corrected chi connectivity index (χ1v) is 4.45. The molecule has 0 saturated heterocycles. The van der Waals surface area contributed by atoms with E-state index in [2.05, 4.69) is 29.2 Å². The van der Waals surface area contributed by atoms with Gasteiger partial charge in [0.2, 0.25) is 0 Å². The molecule has 0 fully saturated rings. The van der Waals surface area contributed by atoms with Crippen LogP contribution in [0.4, 0.5) is 0 Å². The smallest absolute Gasteiger partial charge is 0.0655 e. The minimum absolute atomic E-state index is 0. The van der Waals surface area contributed by atoms with E-state index in [0.29, 0.717) is 6.04 Å². The lowest BCUT2D eigenvalue weighted by molar-refractivity contribution is 0.267. The Morgan fingerprint density at radius 1 is 1.43 bits per heavy atom. The highest BCUT2D eigenvalue weighted by molar-refractivity contribution is 5.85. The summed E-state index contributed by atoms with van der Waals surface area (Å²) in [4.78, 5) is 2.30. The van der Waals surface area contributed by atoms with Crippen LogP contribution >= 0.6 is 24.8 Å². The average Bonchev–Trinajstić information content (AvgIpc) is 2.49. The highest BCUT2D eigenvalue weighted by Gasteiger charge is 2.21. The first-order chi connectivity index (χ1) is 5.77. The van der Waals surface area contributed by atoms with Crippen LogP contribution in [0.1, 0.15) is 17.7 Å². The van der Waals surface area contributed by atoms with E-state index in [9.17, 15) is 0 Å². The standard InChI is InChI=1S/C9H15N3.2ClH/c1-12(2)8-3-4-9-7(5-8)6-10-11-9;;/h6,8H,3-5H2,1-2H3,(H,10,11);2*1H. The van der Waals surface area contributed by atoms with E-state index < -0.39 is 0 Å². The second kappa shape index (κ2) is 5.59. The summed E-state index contributed by atoms with van der Waals surface area (Å²) in [5.74, 6) is 0. The molecule has 2 rings (SSSR count). The number of fused-ring (bicyclic) bond motifs is 1. The summed E-state index contributed by atoms with van der Waals surface area (Å²) in [6.45, 7) is 0. The molecule has 0 amide bonds. The predicted octanol–water partition coefficient (Wildman–Crippen LogP) is 1.67. The van der Waals surface area contributed by atoms with Crippen molar-refractivity contribution in [2.75, 3.05) is 14.1 Å². The number of rotatable bonds is 1. The highest BCUT2D eigenvalue weighted by Crippen LogP contribution is 2.20. The van der Waals surface area contributed by atoms with Crippen LogP contribution in [-0.4, -0.2) is 35.2 Å². The van der Waals surface area contributed by atoms with Crippen molar-refractivity contribution in [3.05, 3.63) is 17.5 Å². The molecule has 0 saturated carbocycles. The maximum atomic E-state index is 4.21. The lowest BCUT2D eigenvalue weighted by atomic mass is 9.93. The fourth-order valence-corrected chi connectivity index (χ4v) is 1.84. The van der Waals surface area contributed by atoms with Gasteiger partial charge in [0, 0.05) is 12.2 Å². The van der Waals surface area contributed by atoms with Gasteiger partial charge in [-0.15, -0.1) is 24.8 Å². The normalized spacial score (nSPS) is 19.5. The van der Waals surface area contributed by atoms with Crippen LogP contribution < -0.4 is 0 Å². The number of aromatic nitrogens is 2. The van der Waals surface area contributed by atoms with Gasteiger partial charge in [-0.05, 0) is 38.9 Å². The maximum absolute atomic E-state index is 4.21. The van der Waals surface area contributed by atoms with Gasteiger partial charge >= 0.3 is 0 Å². The minimum atomic E-state index is 0. The SMILES string of the molecule is CN(C)C1CCc2n[nH]cc2C1.Cl.Cl. The van der Waals surface area contributed by atoms with Gasteiger partial charge in [-0.1, -0.05) is 0 Å². The van der Waals surface area contributed by atoms with Crippen molar-refractivity contribution in [1.82, 2.24) is 15.1 Å². The Bertz CT molecular complexity index is 273. The van der Waals surface area contributed by atoms with E-state index >= 15 is 0 Å². The molecule has 1 aliphatic rings. The number of H-pyrrole nitrogens is 1. The highest BCUT2D eigenvalue weighted by atomic mass is 35.5. The summed E-state index contributed by atoms with van der Waals surface area (Å²) in [7, 11) is 4.30. The van der Waals surface area contributed by atoms with E-state index in [1.165, 1.54) is 17.7 Å². The molecule has 1 unspecified atom stereocenters. The lowest BCUT2D eigenvalue weighted by Gasteiger charge is -2.27. The summed E-state index contributed by atoms with van der Waals surface area (Å²) in [5.41, 5.74) is 2.67. The number of nitrogens with zero attached hydrogens (tertiary/aromatic N) is 2. The van der Waals surface area contributed by atoms with Gasteiger partial charge in [-0.3, -0.25) is 5.10 Å². The number of hydrogen-bond donors (Lipinski definition) is 1. The Hall–Kier alpha value is -0.250. The van der Waals surface area contributed by atoms with Crippen molar-refractivity contribution in [1.29, 1.82) is 0 Å². The molecule has 1 N–H and O–H groups in total. The van der Waals surface area contributed by atoms with Gasteiger partial charge in [0.1, 0.15) is 0 Å². The van der Waals surface area contributed by atoms with Crippen molar-refractivity contribution < 1.29 is 0 Å². The Kier molecular flexibility index (Phi) is 5.49. The van der Waals surface area contributed by atoms with Crippen LogP contribution in [0, 0.1) is 0 Å². The van der Waals surface area contributed by atoms with Gasteiger partial charge in [-0.25, -0.2) is 0 Å². The third-order valence-electron chi connectivity index (χ3n) is 2.71. The molecule has 1 aromatic heterocycles. The number of halogens is 2. The molecule has 14 heavy (non-hydrogen) atoms. The molecule has 5 heteroatoms. The van der Waals surface area contributed by atoms with Crippen molar-refractivity contribution in [2.24, 2.45) is 0 Å². The topological polar surface area (TPSA) is 31.9 Å². The molecule has 0 bridgehead atoms. The van der Waals surface area contributed by atoms with Crippen molar-refractivity contribution in [3.8, 4) is 0 Å². The molecule has 0 spiro atoms. The monoisotopic (exact) mass is 237 g/mol. The second-order valence-electron chi connectivity index (χ2n) is 3.72. The number of hydrogen-bond acceptors (Lipinski definition) is 2. The zero-order valence-corrected chi connectivity index (χ0v) is 10.1. The first-order valence-electron chi connectivity index (χ1n) is 4.45. The van der Waals surface area contributed by atoms with Crippen molar-refractivity contribution in [3.63, 3.8) is 0 Å². The van der Waals surface area contributed by atoms with Gasteiger partial charge in [0.15, 0.2) is 0 Å². The summed E-state index contributed by atoms with van der Waals surface area (Å²) >= 11 is 0. The van der Waals surface area contributed by atoms with Gasteiger partial charge < -0.3 is 4.90 Å². The van der Waals surface area contributed by atoms with Crippen LogP contribution in [0.3, 0.4) is 0 Å². The Labute approximate surface area is 97.1 Å². The van der Waals surface area contributed by atoms with E-state index in [1.807, 2.05) is 6.20 Å². The van der Waals surface area contributed by atoms with Gasteiger partial charge in [0.25, 0.3) is 0 Å². The average molecular weight is 238 g/mol. The molecule has 0 aromatic carbocycles. The van der Waals surface area contributed by atoms with Crippen LogP contribution in [-0.2, 0) is 12.8 Å². The Morgan fingerprint density at radius 3 is 2.79 bits per heavy atom. The molecule has 82 valence electrons. The molecule has 0 aliphatic heterocycles. The van der Waals surface area contributed by atoms with E-state index in [1.54, 1.807) is 0 Å². The van der Waals surface area contributed by atoms with Crippen LogP contribution in [0.2, 0.25) is 0 Å². The van der Waals surface area contributed by atoms with E-state index in [4.69, 9.17) is 0 Å².